The molecule has 0 saturated heterocycles. The van der Waals surface area contributed by atoms with E-state index in [1.54, 1.807) is 11.9 Å². The zero-order valence-corrected chi connectivity index (χ0v) is 14.8. The first-order valence-electron chi connectivity index (χ1n) is 8.41. The van der Waals surface area contributed by atoms with E-state index in [9.17, 15) is 9.59 Å². The number of aliphatic imine (C=N–C) groups is 1. The number of urea groups is 1. The Bertz CT molecular complexity index is 420. The molecule has 1 fully saturated rings. The predicted octanol–water partition coefficient (Wildman–Crippen LogP) is 2.81. The highest BCUT2D eigenvalue weighted by Gasteiger charge is 2.23. The van der Waals surface area contributed by atoms with Gasteiger partial charge in [-0.05, 0) is 19.3 Å². The van der Waals surface area contributed by atoms with E-state index in [0.717, 1.165) is 38.5 Å². The fourth-order valence-electron chi connectivity index (χ4n) is 2.65. The van der Waals surface area contributed by atoms with Crippen molar-refractivity contribution in [2.45, 2.75) is 57.9 Å². The molecule has 0 unspecified atom stereocenters. The highest BCUT2D eigenvalue weighted by molar-refractivity contribution is 6.00. The van der Waals surface area contributed by atoms with Gasteiger partial charge in [-0.1, -0.05) is 32.6 Å². The minimum absolute atomic E-state index is 0.207. The number of hydrogen-bond donors (Lipinski definition) is 1. The maximum absolute atomic E-state index is 12.5. The minimum atomic E-state index is -0.708. The van der Waals surface area contributed by atoms with Crippen molar-refractivity contribution in [1.82, 2.24) is 15.1 Å². The Kier molecular flexibility index (Phi) is 8.43. The smallest absolute Gasteiger partial charge is 0.436 e. The van der Waals surface area contributed by atoms with Gasteiger partial charge in [0, 0.05) is 26.7 Å². The number of nitrogens with one attached hydrogen (secondary N) is 1. The molecule has 1 saturated carbocycles. The molecular formula is C16H30N4O3. The second kappa shape index (κ2) is 10.1. The van der Waals surface area contributed by atoms with Crippen LogP contribution in [0.25, 0.3) is 0 Å². The first-order chi connectivity index (χ1) is 11.0. The molecule has 0 aromatic carbocycles. The summed E-state index contributed by atoms with van der Waals surface area (Å²) in [6.45, 7) is 2.80. The molecule has 23 heavy (non-hydrogen) atoms. The second-order valence-corrected chi connectivity index (χ2v) is 6.00. The number of hydrogen-bond acceptors (Lipinski definition) is 3. The number of unbranched alkanes of at least 4 members (excludes halogenated alkanes) is 1. The van der Waals surface area contributed by atoms with Gasteiger partial charge < -0.3 is 15.0 Å². The van der Waals surface area contributed by atoms with E-state index in [0.29, 0.717) is 12.5 Å². The van der Waals surface area contributed by atoms with E-state index >= 15 is 0 Å². The van der Waals surface area contributed by atoms with Crippen molar-refractivity contribution in [3.8, 4) is 0 Å². The largest absolute Gasteiger partial charge is 0.451 e. The Labute approximate surface area is 139 Å². The molecule has 0 spiro atoms. The quantitative estimate of drug-likeness (QED) is 0.637. The zero-order chi connectivity index (χ0) is 17.2. The molecule has 132 valence electrons. The normalized spacial score (nSPS) is 15.9. The average molecular weight is 326 g/mol. The maximum Gasteiger partial charge on any atom is 0.436 e. The number of nitrogens with zero attached hydrogens (tertiary/aromatic N) is 3. The van der Waals surface area contributed by atoms with Crippen LogP contribution in [0.1, 0.15) is 51.9 Å². The van der Waals surface area contributed by atoms with E-state index in [1.807, 2.05) is 7.05 Å². The summed E-state index contributed by atoms with van der Waals surface area (Å²) in [5.74, 6) is 0.304. The minimum Gasteiger partial charge on any atom is -0.451 e. The number of carbonyl (C=O) groups excluding carboxylic acids is 2. The van der Waals surface area contributed by atoms with Gasteiger partial charge in [0.15, 0.2) is 0 Å². The van der Waals surface area contributed by atoms with E-state index in [4.69, 9.17) is 0 Å². The Morgan fingerprint density at radius 2 is 1.87 bits per heavy atom. The van der Waals surface area contributed by atoms with Crippen LogP contribution in [0, 0.1) is 0 Å². The van der Waals surface area contributed by atoms with Gasteiger partial charge in [0.2, 0.25) is 5.96 Å². The Morgan fingerprint density at radius 1 is 1.22 bits per heavy atom. The zero-order valence-electron chi connectivity index (χ0n) is 14.8. The van der Waals surface area contributed by atoms with E-state index < -0.39 is 6.09 Å². The van der Waals surface area contributed by atoms with Gasteiger partial charge >= 0.3 is 12.1 Å². The van der Waals surface area contributed by atoms with Gasteiger partial charge in [0.1, 0.15) is 0 Å². The number of amides is 3. The van der Waals surface area contributed by atoms with Gasteiger partial charge in [-0.25, -0.2) is 9.59 Å². The monoisotopic (exact) mass is 326 g/mol. The summed E-state index contributed by atoms with van der Waals surface area (Å²) in [7, 11) is 4.72. The Balaban J connectivity index is 2.75. The first kappa shape index (κ1) is 19.3. The third-order valence-corrected chi connectivity index (χ3v) is 4.09. The summed E-state index contributed by atoms with van der Waals surface area (Å²) in [6, 6.07) is -0.0260. The van der Waals surface area contributed by atoms with Gasteiger partial charge in [0.05, 0.1) is 7.11 Å². The van der Waals surface area contributed by atoms with Crippen molar-refractivity contribution in [3.63, 3.8) is 0 Å². The third-order valence-electron chi connectivity index (χ3n) is 4.09. The lowest BCUT2D eigenvalue weighted by atomic mass is 9.96. The average Bonchev–Trinajstić information content (AvgIpc) is 2.57. The summed E-state index contributed by atoms with van der Waals surface area (Å²) < 4.78 is 4.60. The van der Waals surface area contributed by atoms with E-state index in [2.05, 4.69) is 22.0 Å². The van der Waals surface area contributed by atoms with Gasteiger partial charge in [0.25, 0.3) is 0 Å². The molecule has 7 nitrogen and oxygen atoms in total. The van der Waals surface area contributed by atoms with Gasteiger partial charge in [-0.15, -0.1) is 4.99 Å². The lowest BCUT2D eigenvalue weighted by molar-refractivity contribution is 0.181. The summed E-state index contributed by atoms with van der Waals surface area (Å²) in [6.07, 6.45) is 6.81. The Hall–Kier alpha value is -1.79. The molecule has 1 aliphatic carbocycles. The van der Waals surface area contributed by atoms with Crippen LogP contribution in [0.3, 0.4) is 0 Å². The topological polar surface area (TPSA) is 74.2 Å². The van der Waals surface area contributed by atoms with Crippen LogP contribution >= 0.6 is 0 Å². The standard InChI is InChI=1S/C16H30N4O3/c1-5-6-12-19(2)14(18-16(22)23-4)20(3)15(21)17-13-10-8-7-9-11-13/h13H,5-12H2,1-4H3,(H,17,21)/b18-14+. The molecule has 0 bridgehead atoms. The molecule has 0 heterocycles. The van der Waals surface area contributed by atoms with Crippen LogP contribution in [-0.2, 0) is 4.74 Å². The molecule has 0 aliphatic heterocycles. The van der Waals surface area contributed by atoms with Crippen molar-refractivity contribution in [1.29, 1.82) is 0 Å². The van der Waals surface area contributed by atoms with Crippen LogP contribution in [0.2, 0.25) is 0 Å². The second-order valence-electron chi connectivity index (χ2n) is 6.00. The molecule has 0 aromatic rings. The molecule has 1 aliphatic rings. The first-order valence-corrected chi connectivity index (χ1v) is 8.41. The van der Waals surface area contributed by atoms with Crippen LogP contribution in [-0.4, -0.2) is 61.7 Å². The van der Waals surface area contributed by atoms with Gasteiger partial charge in [-0.2, -0.15) is 0 Å². The molecule has 1 N–H and O–H groups in total. The van der Waals surface area contributed by atoms with Crippen molar-refractivity contribution in [2.75, 3.05) is 27.7 Å². The predicted molar refractivity (Wildman–Crippen MR) is 90.5 cm³/mol. The number of carbonyl (C=O) groups is 2. The molecule has 0 radical (unpaired) electrons. The highest BCUT2D eigenvalue weighted by atomic mass is 16.5. The van der Waals surface area contributed by atoms with Crippen molar-refractivity contribution in [2.24, 2.45) is 4.99 Å². The molecule has 0 atom stereocenters. The van der Waals surface area contributed by atoms with Crippen LogP contribution in [0.5, 0.6) is 0 Å². The third kappa shape index (κ3) is 6.46. The summed E-state index contributed by atoms with van der Waals surface area (Å²) in [5.41, 5.74) is 0. The van der Waals surface area contributed by atoms with Crippen molar-refractivity contribution < 1.29 is 14.3 Å². The molecular weight excluding hydrogens is 296 g/mol. The lowest BCUT2D eigenvalue weighted by Crippen LogP contribution is -2.51. The lowest BCUT2D eigenvalue weighted by Gasteiger charge is -2.30. The van der Waals surface area contributed by atoms with Crippen LogP contribution in [0.4, 0.5) is 9.59 Å². The fourth-order valence-corrected chi connectivity index (χ4v) is 2.65. The van der Waals surface area contributed by atoms with Crippen LogP contribution < -0.4 is 5.32 Å². The summed E-state index contributed by atoms with van der Waals surface area (Å²) in [5, 5.41) is 3.03. The number of ether oxygens (including phenoxy) is 1. The number of guanidine groups is 1. The molecule has 3 amide bonds. The Morgan fingerprint density at radius 3 is 2.43 bits per heavy atom. The highest BCUT2D eigenvalue weighted by Crippen LogP contribution is 2.17. The van der Waals surface area contributed by atoms with Crippen molar-refractivity contribution in [3.05, 3.63) is 0 Å². The number of rotatable bonds is 4. The molecule has 0 aromatic heterocycles. The van der Waals surface area contributed by atoms with Crippen molar-refractivity contribution >= 4 is 18.1 Å². The SMILES string of the molecule is CCCCN(C)/C(=N\C(=O)OC)N(C)C(=O)NC1CCCCC1. The summed E-state index contributed by atoms with van der Waals surface area (Å²) >= 11 is 0. The molecule has 7 heteroatoms. The maximum atomic E-state index is 12.5. The van der Waals surface area contributed by atoms with E-state index in [1.165, 1.54) is 18.4 Å². The summed E-state index contributed by atoms with van der Waals surface area (Å²) in [4.78, 5) is 31.1. The van der Waals surface area contributed by atoms with Gasteiger partial charge in [-0.3, -0.25) is 4.90 Å². The molecule has 1 rings (SSSR count). The van der Waals surface area contributed by atoms with Crippen LogP contribution in [0.15, 0.2) is 4.99 Å². The van der Waals surface area contributed by atoms with E-state index in [-0.39, 0.29) is 12.1 Å². The fraction of sp³-hybridized carbons (Fsp3) is 0.812. The number of methoxy groups -OCH3 is 1.